The number of allylic oxidation sites excluding steroid dienone is 12. The summed E-state index contributed by atoms with van der Waals surface area (Å²) in [6.07, 6.45) is 70.5. The molecule has 64 heavy (non-hydrogen) atoms. The van der Waals surface area contributed by atoms with Gasteiger partial charge in [-0.05, 0) is 89.9 Å². The second kappa shape index (κ2) is 54.7. The number of rotatable bonds is 50. The van der Waals surface area contributed by atoms with Gasteiger partial charge < -0.3 is 14.2 Å². The van der Waals surface area contributed by atoms with Crippen LogP contribution >= 0.6 is 0 Å². The van der Waals surface area contributed by atoms with Crippen LogP contribution in [0.25, 0.3) is 0 Å². The highest BCUT2D eigenvalue weighted by Crippen LogP contribution is 2.15. The van der Waals surface area contributed by atoms with E-state index in [1.54, 1.807) is 0 Å². The van der Waals surface area contributed by atoms with Crippen LogP contribution < -0.4 is 0 Å². The SMILES string of the molecule is CC/C=C\C/C=C\C/C=C\C/C=C\CCCCCCCCC(=O)OCC(COCCCCCCCCCCCCCC)OC(=O)CCCCCCCCC/C=C\C/C=C\CCCCC. The first kappa shape index (κ1) is 61.3. The van der Waals surface area contributed by atoms with E-state index in [0.717, 1.165) is 89.9 Å². The van der Waals surface area contributed by atoms with Crippen LogP contribution in [0.15, 0.2) is 72.9 Å². The zero-order valence-corrected chi connectivity index (χ0v) is 42.5. The molecular formula is C59H104O5. The number of carbonyl (C=O) groups excluding carboxylic acids is 2. The molecule has 0 N–H and O–H groups in total. The summed E-state index contributed by atoms with van der Waals surface area (Å²) in [5.74, 6) is -0.415. The van der Waals surface area contributed by atoms with Crippen molar-refractivity contribution in [1.82, 2.24) is 0 Å². The lowest BCUT2D eigenvalue weighted by molar-refractivity contribution is -0.163. The maximum absolute atomic E-state index is 12.8. The van der Waals surface area contributed by atoms with Gasteiger partial charge in [0.1, 0.15) is 6.61 Å². The average Bonchev–Trinajstić information content (AvgIpc) is 3.30. The molecule has 0 aliphatic heterocycles. The van der Waals surface area contributed by atoms with Crippen molar-refractivity contribution >= 4 is 11.9 Å². The van der Waals surface area contributed by atoms with E-state index >= 15 is 0 Å². The summed E-state index contributed by atoms with van der Waals surface area (Å²) in [5, 5.41) is 0. The van der Waals surface area contributed by atoms with E-state index in [-0.39, 0.29) is 25.2 Å². The van der Waals surface area contributed by atoms with Gasteiger partial charge in [-0.2, -0.15) is 0 Å². The van der Waals surface area contributed by atoms with Gasteiger partial charge in [0.05, 0.1) is 6.61 Å². The Morgan fingerprint density at radius 3 is 1.16 bits per heavy atom. The van der Waals surface area contributed by atoms with Crippen molar-refractivity contribution in [2.75, 3.05) is 19.8 Å². The van der Waals surface area contributed by atoms with E-state index in [2.05, 4.69) is 93.7 Å². The summed E-state index contributed by atoms with van der Waals surface area (Å²) in [6, 6.07) is 0. The van der Waals surface area contributed by atoms with Crippen LogP contribution in [-0.2, 0) is 23.8 Å². The standard InChI is InChI=1S/C59H104O5/c1-4-7-10-13-16-19-22-25-27-29-30-32-33-35-37-40-43-46-49-52-58(60)63-56-57(55-62-54-51-48-45-42-39-24-21-18-15-12-9-6-3)64-59(61)53-50-47-44-41-38-36-34-31-28-26-23-20-17-14-11-8-5-2/h7,10,16-17,19-20,25-28,30,32,57H,4-6,8-9,11-15,18,21-24,29,31,33-56H2,1-3H3/b10-7-,19-16-,20-17-,27-25-,28-26-,32-30-. The Bertz CT molecular complexity index is 1150. The minimum atomic E-state index is -0.546. The Morgan fingerprint density at radius 2 is 0.703 bits per heavy atom. The first-order chi connectivity index (χ1) is 31.6. The number of esters is 2. The Balaban J connectivity index is 4.28. The molecule has 0 bridgehead atoms. The van der Waals surface area contributed by atoms with Gasteiger partial charge in [-0.3, -0.25) is 9.59 Å². The van der Waals surface area contributed by atoms with Crippen LogP contribution in [0.3, 0.4) is 0 Å². The third kappa shape index (κ3) is 52.0. The lowest BCUT2D eigenvalue weighted by Gasteiger charge is -2.18. The molecule has 0 aromatic rings. The molecule has 0 heterocycles. The molecular weight excluding hydrogens is 789 g/mol. The third-order valence-corrected chi connectivity index (χ3v) is 11.7. The molecule has 5 heteroatoms. The monoisotopic (exact) mass is 893 g/mol. The summed E-state index contributed by atoms with van der Waals surface area (Å²) in [6.45, 7) is 7.69. The third-order valence-electron chi connectivity index (χ3n) is 11.7. The fourth-order valence-electron chi connectivity index (χ4n) is 7.65. The highest BCUT2D eigenvalue weighted by molar-refractivity contribution is 5.70. The van der Waals surface area contributed by atoms with Gasteiger partial charge in [-0.15, -0.1) is 0 Å². The van der Waals surface area contributed by atoms with Crippen molar-refractivity contribution in [2.24, 2.45) is 0 Å². The molecule has 0 rings (SSSR count). The molecule has 5 nitrogen and oxygen atoms in total. The Kier molecular flexibility index (Phi) is 52.4. The Hall–Kier alpha value is -2.66. The molecule has 0 fully saturated rings. The Morgan fingerprint density at radius 1 is 0.359 bits per heavy atom. The molecule has 1 atom stereocenters. The fraction of sp³-hybridized carbons (Fsp3) is 0.763. The van der Waals surface area contributed by atoms with Crippen LogP contribution in [0.2, 0.25) is 0 Å². The van der Waals surface area contributed by atoms with Gasteiger partial charge in [0.2, 0.25) is 0 Å². The second-order valence-electron chi connectivity index (χ2n) is 18.1. The zero-order valence-electron chi connectivity index (χ0n) is 42.5. The highest BCUT2D eigenvalue weighted by atomic mass is 16.6. The fourth-order valence-corrected chi connectivity index (χ4v) is 7.65. The van der Waals surface area contributed by atoms with Gasteiger partial charge in [-0.25, -0.2) is 0 Å². The largest absolute Gasteiger partial charge is 0.462 e. The predicted octanol–water partition coefficient (Wildman–Crippen LogP) is 18.7. The zero-order chi connectivity index (χ0) is 46.3. The van der Waals surface area contributed by atoms with E-state index in [0.29, 0.717) is 19.4 Å². The van der Waals surface area contributed by atoms with Crippen molar-refractivity contribution in [3.63, 3.8) is 0 Å². The van der Waals surface area contributed by atoms with Crippen molar-refractivity contribution in [2.45, 2.75) is 271 Å². The van der Waals surface area contributed by atoms with Crippen molar-refractivity contribution in [1.29, 1.82) is 0 Å². The van der Waals surface area contributed by atoms with E-state index in [1.807, 2.05) is 0 Å². The first-order valence-corrected chi connectivity index (χ1v) is 27.5. The van der Waals surface area contributed by atoms with E-state index in [1.165, 1.54) is 141 Å². The number of hydrogen-bond acceptors (Lipinski definition) is 5. The molecule has 0 saturated carbocycles. The van der Waals surface area contributed by atoms with Gasteiger partial charge in [0.15, 0.2) is 6.10 Å². The minimum absolute atomic E-state index is 0.0747. The molecule has 1 unspecified atom stereocenters. The molecule has 370 valence electrons. The maximum Gasteiger partial charge on any atom is 0.306 e. The molecule has 0 aromatic carbocycles. The van der Waals surface area contributed by atoms with Gasteiger partial charge in [0.25, 0.3) is 0 Å². The summed E-state index contributed by atoms with van der Waals surface area (Å²) in [7, 11) is 0. The van der Waals surface area contributed by atoms with Crippen molar-refractivity contribution in [3.05, 3.63) is 72.9 Å². The lowest BCUT2D eigenvalue weighted by Crippen LogP contribution is -2.30. The van der Waals surface area contributed by atoms with Crippen LogP contribution in [-0.4, -0.2) is 37.9 Å². The van der Waals surface area contributed by atoms with Gasteiger partial charge in [-0.1, -0.05) is 235 Å². The molecule has 0 aromatic heterocycles. The summed E-state index contributed by atoms with van der Waals surface area (Å²) >= 11 is 0. The maximum atomic E-state index is 12.8. The molecule has 0 aliphatic carbocycles. The van der Waals surface area contributed by atoms with Gasteiger partial charge >= 0.3 is 11.9 Å². The topological polar surface area (TPSA) is 61.8 Å². The average molecular weight is 893 g/mol. The van der Waals surface area contributed by atoms with Crippen LogP contribution in [0, 0.1) is 0 Å². The second-order valence-corrected chi connectivity index (χ2v) is 18.1. The van der Waals surface area contributed by atoms with Crippen LogP contribution in [0.1, 0.15) is 265 Å². The number of carbonyl (C=O) groups is 2. The summed E-state index contributed by atoms with van der Waals surface area (Å²) < 4.78 is 17.4. The molecule has 0 saturated heterocycles. The molecule has 0 aliphatic rings. The highest BCUT2D eigenvalue weighted by Gasteiger charge is 2.17. The predicted molar refractivity (Wildman–Crippen MR) is 279 cm³/mol. The molecule has 0 amide bonds. The van der Waals surface area contributed by atoms with Crippen molar-refractivity contribution in [3.8, 4) is 0 Å². The van der Waals surface area contributed by atoms with Crippen LogP contribution in [0.4, 0.5) is 0 Å². The van der Waals surface area contributed by atoms with E-state index in [4.69, 9.17) is 14.2 Å². The minimum Gasteiger partial charge on any atom is -0.462 e. The number of hydrogen-bond donors (Lipinski definition) is 0. The van der Waals surface area contributed by atoms with Gasteiger partial charge in [0, 0.05) is 19.4 Å². The Labute approximate surface area is 397 Å². The van der Waals surface area contributed by atoms with E-state index < -0.39 is 6.10 Å². The normalized spacial score (nSPS) is 12.7. The smallest absolute Gasteiger partial charge is 0.306 e. The molecule has 0 spiro atoms. The first-order valence-electron chi connectivity index (χ1n) is 27.5. The van der Waals surface area contributed by atoms with Crippen LogP contribution in [0.5, 0.6) is 0 Å². The lowest BCUT2D eigenvalue weighted by atomic mass is 10.1. The van der Waals surface area contributed by atoms with Crippen molar-refractivity contribution < 1.29 is 23.8 Å². The summed E-state index contributed by atoms with van der Waals surface area (Å²) in [4.78, 5) is 25.5. The molecule has 0 radical (unpaired) electrons. The number of unbranched alkanes of at least 4 members (excludes halogenated alkanes) is 27. The quantitative estimate of drug-likeness (QED) is 0.0346. The number of ether oxygens (including phenoxy) is 3. The summed E-state index contributed by atoms with van der Waals surface area (Å²) in [5.41, 5.74) is 0. The van der Waals surface area contributed by atoms with E-state index in [9.17, 15) is 9.59 Å².